The van der Waals surface area contributed by atoms with Crippen LogP contribution in [0.1, 0.15) is 49.8 Å². The Morgan fingerprint density at radius 3 is 2.78 bits per heavy atom. The minimum absolute atomic E-state index is 0.548. The van der Waals surface area contributed by atoms with E-state index in [4.69, 9.17) is 0 Å². The van der Waals surface area contributed by atoms with Crippen molar-refractivity contribution in [1.29, 1.82) is 0 Å². The number of hydrogen-bond acceptors (Lipinski definition) is 2. The molecule has 2 N–H and O–H groups in total. The van der Waals surface area contributed by atoms with Gasteiger partial charge < -0.3 is 10.3 Å². The molecule has 0 atom stereocenters. The van der Waals surface area contributed by atoms with E-state index >= 15 is 0 Å². The van der Waals surface area contributed by atoms with Gasteiger partial charge in [0.05, 0.1) is 0 Å². The van der Waals surface area contributed by atoms with Crippen LogP contribution in [0, 0.1) is 0 Å². The van der Waals surface area contributed by atoms with E-state index in [1.54, 1.807) is 0 Å². The normalized spacial score (nSPS) is 17.7. The number of piperidine rings is 1. The second-order valence-electron chi connectivity index (χ2n) is 5.57. The molecule has 18 heavy (non-hydrogen) atoms. The van der Waals surface area contributed by atoms with Crippen LogP contribution >= 0.6 is 0 Å². The Morgan fingerprint density at radius 1 is 1.28 bits per heavy atom. The number of nitrogens with one attached hydrogen (secondary N) is 2. The van der Waals surface area contributed by atoms with E-state index in [2.05, 4.69) is 41.3 Å². The number of hydrogen-bond donors (Lipinski definition) is 2. The van der Waals surface area contributed by atoms with Crippen LogP contribution in [0.15, 0.2) is 18.3 Å². The molecule has 0 amide bonds. The number of fused-ring (bicyclic) bond motifs is 1. The van der Waals surface area contributed by atoms with Crippen LogP contribution in [-0.2, 0) is 0 Å². The van der Waals surface area contributed by atoms with Crippen LogP contribution in [-0.4, -0.2) is 23.1 Å². The minimum Gasteiger partial charge on any atom is -0.343 e. The summed E-state index contributed by atoms with van der Waals surface area (Å²) in [6.45, 7) is 6.74. The van der Waals surface area contributed by atoms with Gasteiger partial charge >= 0.3 is 0 Å². The van der Waals surface area contributed by atoms with Crippen molar-refractivity contribution < 1.29 is 0 Å². The van der Waals surface area contributed by atoms with Crippen LogP contribution < -0.4 is 5.32 Å². The van der Waals surface area contributed by atoms with E-state index in [0.29, 0.717) is 11.8 Å². The quantitative estimate of drug-likeness (QED) is 0.850. The SMILES string of the molecule is CC(C)c1ccnc2[nH]c(C3CCNCC3)cc12. The molecule has 0 bridgehead atoms. The van der Waals surface area contributed by atoms with E-state index in [9.17, 15) is 0 Å². The van der Waals surface area contributed by atoms with Crippen molar-refractivity contribution in [1.82, 2.24) is 15.3 Å². The minimum atomic E-state index is 0.548. The van der Waals surface area contributed by atoms with Crippen molar-refractivity contribution in [3.05, 3.63) is 29.6 Å². The summed E-state index contributed by atoms with van der Waals surface area (Å²) in [5.74, 6) is 1.22. The van der Waals surface area contributed by atoms with Gasteiger partial charge in [0.1, 0.15) is 5.65 Å². The van der Waals surface area contributed by atoms with Crippen LogP contribution in [0.2, 0.25) is 0 Å². The lowest BCUT2D eigenvalue weighted by atomic mass is 9.94. The molecule has 2 aromatic heterocycles. The molecule has 1 fully saturated rings. The fourth-order valence-corrected chi connectivity index (χ4v) is 2.92. The third-order valence-electron chi connectivity index (χ3n) is 3.99. The number of nitrogens with zero attached hydrogens (tertiary/aromatic N) is 1. The molecule has 2 aromatic rings. The third-order valence-corrected chi connectivity index (χ3v) is 3.99. The lowest BCUT2D eigenvalue weighted by Crippen LogP contribution is -2.26. The number of rotatable bonds is 2. The van der Waals surface area contributed by atoms with Crippen molar-refractivity contribution in [2.75, 3.05) is 13.1 Å². The van der Waals surface area contributed by atoms with Crippen LogP contribution in [0.5, 0.6) is 0 Å². The first kappa shape index (κ1) is 11.7. The average molecular weight is 243 g/mol. The smallest absolute Gasteiger partial charge is 0.137 e. The van der Waals surface area contributed by atoms with Gasteiger partial charge in [-0.05, 0) is 49.5 Å². The van der Waals surface area contributed by atoms with Crippen molar-refractivity contribution in [2.24, 2.45) is 0 Å². The van der Waals surface area contributed by atoms with Crippen molar-refractivity contribution >= 4 is 11.0 Å². The van der Waals surface area contributed by atoms with Gasteiger partial charge in [0, 0.05) is 23.2 Å². The Labute approximate surface area is 108 Å². The lowest BCUT2D eigenvalue weighted by molar-refractivity contribution is 0.455. The highest BCUT2D eigenvalue weighted by atomic mass is 14.9. The molecule has 0 aliphatic carbocycles. The van der Waals surface area contributed by atoms with Gasteiger partial charge in [-0.25, -0.2) is 4.98 Å². The summed E-state index contributed by atoms with van der Waals surface area (Å²) in [5.41, 5.74) is 3.82. The molecule has 0 saturated carbocycles. The second-order valence-corrected chi connectivity index (χ2v) is 5.57. The molecule has 1 saturated heterocycles. The Hall–Kier alpha value is -1.35. The zero-order chi connectivity index (χ0) is 12.5. The summed E-state index contributed by atoms with van der Waals surface area (Å²) >= 11 is 0. The maximum atomic E-state index is 4.47. The fourth-order valence-electron chi connectivity index (χ4n) is 2.92. The van der Waals surface area contributed by atoms with Crippen molar-refractivity contribution in [2.45, 2.75) is 38.5 Å². The molecule has 0 radical (unpaired) electrons. The van der Waals surface area contributed by atoms with Crippen LogP contribution in [0.3, 0.4) is 0 Å². The summed E-state index contributed by atoms with van der Waals surface area (Å²) < 4.78 is 0. The Morgan fingerprint density at radius 2 is 2.06 bits per heavy atom. The van der Waals surface area contributed by atoms with Gasteiger partial charge in [0.25, 0.3) is 0 Å². The van der Waals surface area contributed by atoms with E-state index in [1.165, 1.54) is 29.5 Å². The number of aromatic amines is 1. The van der Waals surface area contributed by atoms with E-state index < -0.39 is 0 Å². The highest BCUT2D eigenvalue weighted by Crippen LogP contribution is 2.30. The van der Waals surface area contributed by atoms with Gasteiger partial charge in [-0.3, -0.25) is 0 Å². The van der Waals surface area contributed by atoms with Gasteiger partial charge in [0.2, 0.25) is 0 Å². The first-order chi connectivity index (χ1) is 8.75. The topological polar surface area (TPSA) is 40.7 Å². The lowest BCUT2D eigenvalue weighted by Gasteiger charge is -2.21. The molecule has 3 rings (SSSR count). The maximum absolute atomic E-state index is 4.47. The van der Waals surface area contributed by atoms with Crippen LogP contribution in [0.4, 0.5) is 0 Å². The number of aromatic nitrogens is 2. The van der Waals surface area contributed by atoms with E-state index in [0.717, 1.165) is 18.7 Å². The van der Waals surface area contributed by atoms with Crippen molar-refractivity contribution in [3.8, 4) is 0 Å². The summed E-state index contributed by atoms with van der Waals surface area (Å²) in [6, 6.07) is 4.47. The highest BCUT2D eigenvalue weighted by Gasteiger charge is 2.18. The third kappa shape index (κ3) is 2.03. The monoisotopic (exact) mass is 243 g/mol. The molecule has 3 heteroatoms. The predicted octanol–water partition coefficient (Wildman–Crippen LogP) is 3.15. The summed E-state index contributed by atoms with van der Waals surface area (Å²) in [4.78, 5) is 7.99. The Kier molecular flexibility index (Phi) is 3.08. The summed E-state index contributed by atoms with van der Waals surface area (Å²) in [6.07, 6.45) is 4.37. The first-order valence-electron chi connectivity index (χ1n) is 6.94. The molecule has 0 aromatic carbocycles. The molecular formula is C15H21N3. The predicted molar refractivity (Wildman–Crippen MR) is 75.0 cm³/mol. The standard InChI is InChI=1S/C15H21N3/c1-10(2)12-5-8-17-15-13(12)9-14(18-15)11-3-6-16-7-4-11/h5,8-11,16H,3-4,6-7H2,1-2H3,(H,17,18). The second kappa shape index (κ2) is 4.73. The zero-order valence-corrected chi connectivity index (χ0v) is 11.2. The average Bonchev–Trinajstić information content (AvgIpc) is 2.83. The van der Waals surface area contributed by atoms with Gasteiger partial charge in [0.15, 0.2) is 0 Å². The molecule has 1 aliphatic rings. The Bertz CT molecular complexity index is 536. The van der Waals surface area contributed by atoms with Gasteiger partial charge in [-0.2, -0.15) is 0 Å². The van der Waals surface area contributed by atoms with Gasteiger partial charge in [-0.15, -0.1) is 0 Å². The maximum Gasteiger partial charge on any atom is 0.137 e. The number of H-pyrrole nitrogens is 1. The van der Waals surface area contributed by atoms with Gasteiger partial charge in [-0.1, -0.05) is 13.8 Å². The molecule has 96 valence electrons. The zero-order valence-electron chi connectivity index (χ0n) is 11.2. The fraction of sp³-hybridized carbons (Fsp3) is 0.533. The summed E-state index contributed by atoms with van der Waals surface area (Å²) in [5, 5.41) is 4.72. The van der Waals surface area contributed by atoms with Crippen LogP contribution in [0.25, 0.3) is 11.0 Å². The molecule has 3 nitrogen and oxygen atoms in total. The van der Waals surface area contributed by atoms with Crippen molar-refractivity contribution in [3.63, 3.8) is 0 Å². The molecule has 0 unspecified atom stereocenters. The summed E-state index contributed by atoms with van der Waals surface area (Å²) in [7, 11) is 0. The first-order valence-corrected chi connectivity index (χ1v) is 6.94. The van der Waals surface area contributed by atoms with E-state index in [-0.39, 0.29) is 0 Å². The van der Waals surface area contributed by atoms with E-state index in [1.807, 2.05) is 6.20 Å². The largest absolute Gasteiger partial charge is 0.343 e. The molecular weight excluding hydrogens is 222 g/mol. The Balaban J connectivity index is 2.02. The number of pyridine rings is 1. The highest BCUT2D eigenvalue weighted by molar-refractivity contribution is 5.81. The molecule has 0 spiro atoms. The molecule has 3 heterocycles. The molecule has 1 aliphatic heterocycles.